The van der Waals surface area contributed by atoms with Gasteiger partial charge >= 0.3 is 11.9 Å². The third-order valence-electron chi connectivity index (χ3n) is 1.88. The zero-order valence-electron chi connectivity index (χ0n) is 8.36. The fourth-order valence-electron chi connectivity index (χ4n) is 1.06. The Bertz CT molecular complexity index is 392. The molecule has 1 aromatic carbocycles. The summed E-state index contributed by atoms with van der Waals surface area (Å²) in [6.07, 6.45) is 0. The number of amides is 1. The predicted molar refractivity (Wildman–Crippen MR) is 51.8 cm³/mol. The topological polar surface area (TPSA) is 46.6 Å². The molecule has 5 heteroatoms. The highest BCUT2D eigenvalue weighted by atomic mass is 19.1. The molecule has 0 unspecified atom stereocenters. The molecule has 0 aliphatic rings. The van der Waals surface area contributed by atoms with Crippen molar-refractivity contribution in [2.45, 2.75) is 0 Å². The molecule has 0 spiro atoms. The maximum atomic E-state index is 13.2. The van der Waals surface area contributed by atoms with Gasteiger partial charge in [-0.3, -0.25) is 4.79 Å². The molecule has 0 bridgehead atoms. The second-order valence-corrected chi connectivity index (χ2v) is 2.81. The van der Waals surface area contributed by atoms with E-state index in [2.05, 4.69) is 4.74 Å². The standard InChI is InChI=1S/C10H10FNO3/c1-12(9(13)10(14)15-2)8-6-4-3-5-7(8)11/h3-6H,1-2H3. The van der Waals surface area contributed by atoms with Crippen molar-refractivity contribution in [2.24, 2.45) is 0 Å². The number of halogens is 1. The van der Waals surface area contributed by atoms with Gasteiger partial charge in [-0.15, -0.1) is 0 Å². The zero-order chi connectivity index (χ0) is 11.4. The number of hydrogen-bond donors (Lipinski definition) is 0. The van der Waals surface area contributed by atoms with E-state index in [0.29, 0.717) is 0 Å². The van der Waals surface area contributed by atoms with Crippen molar-refractivity contribution in [3.05, 3.63) is 30.1 Å². The monoisotopic (exact) mass is 211 g/mol. The third kappa shape index (κ3) is 2.31. The van der Waals surface area contributed by atoms with E-state index in [1.54, 1.807) is 6.07 Å². The first-order chi connectivity index (χ1) is 7.07. The fraction of sp³-hybridized carbons (Fsp3) is 0.200. The number of methoxy groups -OCH3 is 1. The highest BCUT2D eigenvalue weighted by Crippen LogP contribution is 2.17. The molecule has 15 heavy (non-hydrogen) atoms. The van der Waals surface area contributed by atoms with Crippen LogP contribution < -0.4 is 4.90 Å². The Hall–Kier alpha value is -1.91. The van der Waals surface area contributed by atoms with Crippen molar-refractivity contribution < 1.29 is 18.7 Å². The number of esters is 1. The van der Waals surface area contributed by atoms with Crippen LogP contribution in [0.15, 0.2) is 24.3 Å². The Balaban J connectivity index is 2.95. The van der Waals surface area contributed by atoms with Crippen LogP contribution in [0.25, 0.3) is 0 Å². The number of anilines is 1. The molecule has 1 aromatic rings. The van der Waals surface area contributed by atoms with Crippen LogP contribution in [0.4, 0.5) is 10.1 Å². The van der Waals surface area contributed by atoms with Gasteiger partial charge in [0.15, 0.2) is 0 Å². The molecular weight excluding hydrogens is 201 g/mol. The zero-order valence-corrected chi connectivity index (χ0v) is 8.36. The van der Waals surface area contributed by atoms with Gasteiger partial charge in [-0.25, -0.2) is 9.18 Å². The Kier molecular flexibility index (Phi) is 3.38. The number of rotatable bonds is 1. The van der Waals surface area contributed by atoms with E-state index in [1.807, 2.05) is 0 Å². The highest BCUT2D eigenvalue weighted by molar-refractivity contribution is 6.37. The molecule has 0 radical (unpaired) electrons. The molecule has 0 N–H and O–H groups in total. The smallest absolute Gasteiger partial charge is 0.397 e. The molecule has 0 aromatic heterocycles. The van der Waals surface area contributed by atoms with Crippen molar-refractivity contribution in [3.8, 4) is 0 Å². The largest absolute Gasteiger partial charge is 0.462 e. The van der Waals surface area contributed by atoms with Gasteiger partial charge in [0.2, 0.25) is 0 Å². The van der Waals surface area contributed by atoms with E-state index in [-0.39, 0.29) is 5.69 Å². The number of para-hydroxylation sites is 1. The first-order valence-corrected chi connectivity index (χ1v) is 4.18. The minimum Gasteiger partial charge on any atom is -0.462 e. The van der Waals surface area contributed by atoms with Gasteiger partial charge in [0.1, 0.15) is 5.82 Å². The molecule has 0 heterocycles. The van der Waals surface area contributed by atoms with Crippen molar-refractivity contribution >= 4 is 17.6 Å². The van der Waals surface area contributed by atoms with Crippen LogP contribution >= 0.6 is 0 Å². The Morgan fingerprint density at radius 2 is 1.93 bits per heavy atom. The van der Waals surface area contributed by atoms with Crippen LogP contribution in [-0.4, -0.2) is 26.0 Å². The molecular formula is C10H10FNO3. The molecule has 0 saturated carbocycles. The Morgan fingerprint density at radius 1 is 1.33 bits per heavy atom. The molecule has 80 valence electrons. The molecule has 0 saturated heterocycles. The first-order valence-electron chi connectivity index (χ1n) is 4.18. The van der Waals surface area contributed by atoms with Crippen molar-refractivity contribution in [3.63, 3.8) is 0 Å². The van der Waals surface area contributed by atoms with Crippen molar-refractivity contribution in [2.75, 3.05) is 19.1 Å². The van der Waals surface area contributed by atoms with E-state index >= 15 is 0 Å². The van der Waals surface area contributed by atoms with E-state index in [0.717, 1.165) is 12.0 Å². The van der Waals surface area contributed by atoms with Crippen LogP contribution in [-0.2, 0) is 14.3 Å². The lowest BCUT2D eigenvalue weighted by Crippen LogP contribution is -2.34. The summed E-state index contributed by atoms with van der Waals surface area (Å²) in [4.78, 5) is 23.1. The second kappa shape index (κ2) is 4.54. The molecule has 1 amide bonds. The number of carbonyl (C=O) groups is 2. The Morgan fingerprint density at radius 3 is 2.47 bits per heavy atom. The predicted octanol–water partition coefficient (Wildman–Crippen LogP) is 0.961. The van der Waals surface area contributed by atoms with E-state index in [9.17, 15) is 14.0 Å². The van der Waals surface area contributed by atoms with Crippen LogP contribution in [0.1, 0.15) is 0 Å². The summed E-state index contributed by atoms with van der Waals surface area (Å²) in [5.41, 5.74) is 0.0351. The maximum absolute atomic E-state index is 13.2. The van der Waals surface area contributed by atoms with Gasteiger partial charge in [0, 0.05) is 7.05 Å². The normalized spacial score (nSPS) is 9.53. The van der Waals surface area contributed by atoms with Crippen molar-refractivity contribution in [1.29, 1.82) is 0 Å². The van der Waals surface area contributed by atoms with Gasteiger partial charge in [0.05, 0.1) is 12.8 Å². The van der Waals surface area contributed by atoms with Gasteiger partial charge < -0.3 is 9.64 Å². The summed E-state index contributed by atoms with van der Waals surface area (Å²) in [6, 6.07) is 5.67. The summed E-state index contributed by atoms with van der Waals surface area (Å²) in [7, 11) is 2.40. The molecule has 0 fully saturated rings. The van der Waals surface area contributed by atoms with Crippen LogP contribution in [0.2, 0.25) is 0 Å². The summed E-state index contributed by atoms with van der Waals surface area (Å²) < 4.78 is 17.5. The van der Waals surface area contributed by atoms with Gasteiger partial charge in [-0.05, 0) is 12.1 Å². The fourth-order valence-corrected chi connectivity index (χ4v) is 1.06. The Labute approximate surface area is 86.3 Å². The SMILES string of the molecule is COC(=O)C(=O)N(C)c1ccccc1F. The van der Waals surface area contributed by atoms with E-state index in [4.69, 9.17) is 0 Å². The number of ether oxygens (including phenoxy) is 1. The number of benzene rings is 1. The molecule has 0 atom stereocenters. The average molecular weight is 211 g/mol. The van der Waals surface area contributed by atoms with E-state index < -0.39 is 17.7 Å². The van der Waals surface area contributed by atoms with Crippen LogP contribution in [0.5, 0.6) is 0 Å². The summed E-state index contributed by atoms with van der Waals surface area (Å²) in [5, 5.41) is 0. The molecule has 0 aliphatic heterocycles. The van der Waals surface area contributed by atoms with E-state index in [1.165, 1.54) is 25.2 Å². The number of carbonyl (C=O) groups excluding carboxylic acids is 2. The van der Waals surface area contributed by atoms with Crippen LogP contribution in [0.3, 0.4) is 0 Å². The lowest BCUT2D eigenvalue weighted by Gasteiger charge is -2.15. The summed E-state index contributed by atoms with van der Waals surface area (Å²) in [6.45, 7) is 0. The minimum absolute atomic E-state index is 0.0351. The van der Waals surface area contributed by atoms with Crippen LogP contribution in [0, 0.1) is 5.82 Å². The highest BCUT2D eigenvalue weighted by Gasteiger charge is 2.22. The van der Waals surface area contributed by atoms with Gasteiger partial charge in [-0.1, -0.05) is 12.1 Å². The lowest BCUT2D eigenvalue weighted by molar-refractivity contribution is -0.151. The second-order valence-electron chi connectivity index (χ2n) is 2.81. The van der Waals surface area contributed by atoms with Crippen molar-refractivity contribution in [1.82, 2.24) is 0 Å². The van der Waals surface area contributed by atoms with Gasteiger partial charge in [-0.2, -0.15) is 0 Å². The number of hydrogen-bond acceptors (Lipinski definition) is 3. The number of nitrogens with zero attached hydrogens (tertiary/aromatic N) is 1. The minimum atomic E-state index is -1.03. The van der Waals surface area contributed by atoms with Gasteiger partial charge in [0.25, 0.3) is 0 Å². The average Bonchev–Trinajstić information content (AvgIpc) is 2.26. The molecule has 4 nitrogen and oxygen atoms in total. The first kappa shape index (κ1) is 11.2. The lowest BCUT2D eigenvalue weighted by atomic mass is 10.3. The third-order valence-corrected chi connectivity index (χ3v) is 1.88. The molecule has 0 aliphatic carbocycles. The number of likely N-dealkylation sites (N-methyl/N-ethyl adjacent to an activating group) is 1. The maximum Gasteiger partial charge on any atom is 0.397 e. The summed E-state index contributed by atoms with van der Waals surface area (Å²) >= 11 is 0. The summed E-state index contributed by atoms with van der Waals surface area (Å²) in [5.74, 6) is -2.51. The quantitative estimate of drug-likeness (QED) is 0.513. The molecule has 1 rings (SSSR count).